The summed E-state index contributed by atoms with van der Waals surface area (Å²) >= 11 is 1.90. The van der Waals surface area contributed by atoms with Gasteiger partial charge in [0.2, 0.25) is 0 Å². The first-order valence-electron chi connectivity index (χ1n) is 4.29. The first kappa shape index (κ1) is 12.6. The van der Waals surface area contributed by atoms with Gasteiger partial charge < -0.3 is 0 Å². The molecular formula is C8H17O3Ti. The molecule has 0 spiro atoms. The van der Waals surface area contributed by atoms with E-state index in [2.05, 4.69) is 0 Å². The van der Waals surface area contributed by atoms with Crippen molar-refractivity contribution in [2.24, 2.45) is 0 Å². The first-order chi connectivity index (χ1) is 5.68. The van der Waals surface area contributed by atoms with Gasteiger partial charge in [-0.3, -0.25) is 0 Å². The van der Waals surface area contributed by atoms with Crippen LogP contribution in [0.1, 0.15) is 20.8 Å². The fourth-order valence-corrected chi connectivity index (χ4v) is 1.44. The summed E-state index contributed by atoms with van der Waals surface area (Å²) in [5, 5.41) is 0. The summed E-state index contributed by atoms with van der Waals surface area (Å²) in [6.07, 6.45) is 0. The molecule has 3 nitrogen and oxygen atoms in total. The molecule has 0 aliphatic carbocycles. The minimum absolute atomic E-state index is 0.491. The van der Waals surface area contributed by atoms with Crippen molar-refractivity contribution >= 4 is 0 Å². The van der Waals surface area contributed by atoms with Gasteiger partial charge in [-0.15, -0.1) is 0 Å². The standard InChI is InChI=1S/C8H17O3.Ti/c1-4-9-7-8(10-5-2)11-6-3;/h4-7H2,1-3H3;. The van der Waals surface area contributed by atoms with Crippen LogP contribution in [0.2, 0.25) is 0 Å². The molecule has 0 aromatic rings. The number of hydrogen-bond donors (Lipinski definition) is 0. The molecule has 0 amide bonds. The molecule has 0 fully saturated rings. The van der Waals surface area contributed by atoms with Crippen LogP contribution < -0.4 is 0 Å². The summed E-state index contributed by atoms with van der Waals surface area (Å²) in [5.74, 6) is 0. The van der Waals surface area contributed by atoms with Crippen LogP contribution in [-0.4, -0.2) is 30.5 Å². The minimum atomic E-state index is -0.570. The zero-order chi connectivity index (χ0) is 9.45. The molecule has 0 unspecified atom stereocenters. The molecule has 0 atom stereocenters. The summed E-state index contributed by atoms with van der Waals surface area (Å²) < 4.78 is 15.5. The Morgan fingerprint density at radius 3 is 1.83 bits per heavy atom. The van der Waals surface area contributed by atoms with Gasteiger partial charge in [0.1, 0.15) is 0 Å². The summed E-state index contributed by atoms with van der Waals surface area (Å²) in [5.41, 5.74) is 0. The maximum atomic E-state index is 5.42. The Morgan fingerprint density at radius 2 is 1.50 bits per heavy atom. The SMILES string of the molecule is CCOC[C]([Ti])(OCC)OCC. The fourth-order valence-electron chi connectivity index (χ4n) is 0.828. The van der Waals surface area contributed by atoms with Crippen LogP contribution in [-0.2, 0) is 34.6 Å². The Bertz CT molecular complexity index is 102. The first-order valence-corrected chi connectivity index (χ1v) is 5.07. The van der Waals surface area contributed by atoms with Crippen molar-refractivity contribution in [3.8, 4) is 0 Å². The Balaban J connectivity index is 3.80. The molecule has 0 aromatic heterocycles. The van der Waals surface area contributed by atoms with Gasteiger partial charge in [0, 0.05) is 0 Å². The summed E-state index contributed by atoms with van der Waals surface area (Å²) in [7, 11) is 0. The van der Waals surface area contributed by atoms with E-state index in [1.807, 2.05) is 41.2 Å². The Labute approximate surface area is 86.2 Å². The summed E-state index contributed by atoms with van der Waals surface area (Å²) in [6, 6.07) is 0. The van der Waals surface area contributed by atoms with E-state index in [0.29, 0.717) is 26.4 Å². The van der Waals surface area contributed by atoms with Crippen LogP contribution in [0.15, 0.2) is 0 Å². The van der Waals surface area contributed by atoms with E-state index in [9.17, 15) is 0 Å². The van der Waals surface area contributed by atoms with Crippen molar-refractivity contribution in [1.82, 2.24) is 0 Å². The van der Waals surface area contributed by atoms with Gasteiger partial charge in [0.05, 0.1) is 0 Å². The van der Waals surface area contributed by atoms with Crippen LogP contribution in [0.5, 0.6) is 0 Å². The third-order valence-electron chi connectivity index (χ3n) is 1.25. The molecule has 0 rings (SSSR count). The van der Waals surface area contributed by atoms with E-state index in [4.69, 9.17) is 14.2 Å². The molecule has 0 aliphatic heterocycles. The molecular weight excluding hydrogens is 192 g/mol. The van der Waals surface area contributed by atoms with Crippen LogP contribution in [0.3, 0.4) is 0 Å². The summed E-state index contributed by atoms with van der Waals surface area (Å²) in [6.45, 7) is 8.32. The topological polar surface area (TPSA) is 27.7 Å². The second-order valence-corrected chi connectivity index (χ2v) is 3.45. The van der Waals surface area contributed by atoms with Gasteiger partial charge in [0.15, 0.2) is 0 Å². The Kier molecular flexibility index (Phi) is 7.39. The Hall–Kier alpha value is 0.594. The van der Waals surface area contributed by atoms with Gasteiger partial charge >= 0.3 is 85.9 Å². The molecule has 0 bridgehead atoms. The van der Waals surface area contributed by atoms with Crippen LogP contribution >= 0.6 is 0 Å². The monoisotopic (exact) mass is 209 g/mol. The quantitative estimate of drug-likeness (QED) is 0.467. The van der Waals surface area contributed by atoms with Crippen LogP contribution in [0, 0.1) is 0 Å². The molecule has 4 heteroatoms. The average molecular weight is 209 g/mol. The molecule has 0 aromatic carbocycles. The zero-order valence-corrected chi connectivity index (χ0v) is 9.61. The molecule has 12 heavy (non-hydrogen) atoms. The van der Waals surface area contributed by atoms with Crippen molar-refractivity contribution in [1.29, 1.82) is 0 Å². The molecule has 71 valence electrons. The van der Waals surface area contributed by atoms with Gasteiger partial charge in [-0.2, -0.15) is 0 Å². The zero-order valence-electron chi connectivity index (χ0n) is 8.05. The van der Waals surface area contributed by atoms with Crippen molar-refractivity contribution in [2.45, 2.75) is 24.9 Å². The van der Waals surface area contributed by atoms with Crippen molar-refractivity contribution in [3.05, 3.63) is 0 Å². The van der Waals surface area contributed by atoms with Gasteiger partial charge in [-0.05, 0) is 0 Å². The van der Waals surface area contributed by atoms with E-state index in [0.717, 1.165) is 0 Å². The van der Waals surface area contributed by atoms with E-state index in [1.54, 1.807) is 0 Å². The van der Waals surface area contributed by atoms with Crippen molar-refractivity contribution in [2.75, 3.05) is 26.4 Å². The Morgan fingerprint density at radius 1 is 1.00 bits per heavy atom. The predicted octanol–water partition coefficient (Wildman–Crippen LogP) is 1.30. The normalized spacial score (nSPS) is 11.8. The van der Waals surface area contributed by atoms with Crippen molar-refractivity contribution in [3.63, 3.8) is 0 Å². The van der Waals surface area contributed by atoms with Crippen LogP contribution in [0.4, 0.5) is 0 Å². The molecule has 0 saturated heterocycles. The molecule has 0 aliphatic rings. The third kappa shape index (κ3) is 5.28. The third-order valence-corrected chi connectivity index (χ3v) is 1.93. The fraction of sp³-hybridized carbons (Fsp3) is 1.00. The van der Waals surface area contributed by atoms with Gasteiger partial charge in [-0.1, -0.05) is 0 Å². The number of rotatable bonds is 7. The second kappa shape index (κ2) is 7.04. The molecule has 0 radical (unpaired) electrons. The molecule has 0 saturated carbocycles. The van der Waals surface area contributed by atoms with E-state index < -0.39 is 4.09 Å². The predicted molar refractivity (Wildman–Crippen MR) is 42.5 cm³/mol. The van der Waals surface area contributed by atoms with E-state index in [1.165, 1.54) is 0 Å². The summed E-state index contributed by atoms with van der Waals surface area (Å²) in [4.78, 5) is 0. The number of ether oxygens (including phenoxy) is 3. The van der Waals surface area contributed by atoms with Gasteiger partial charge in [-0.25, -0.2) is 0 Å². The van der Waals surface area contributed by atoms with E-state index >= 15 is 0 Å². The molecule has 0 N–H and O–H groups in total. The van der Waals surface area contributed by atoms with Gasteiger partial charge in [0.25, 0.3) is 0 Å². The maximum absolute atomic E-state index is 5.42. The van der Waals surface area contributed by atoms with Crippen molar-refractivity contribution < 1.29 is 34.6 Å². The van der Waals surface area contributed by atoms with E-state index in [-0.39, 0.29) is 0 Å². The average Bonchev–Trinajstić information content (AvgIpc) is 2.02. The van der Waals surface area contributed by atoms with Crippen LogP contribution in [0.25, 0.3) is 0 Å². The second-order valence-electron chi connectivity index (χ2n) is 2.26. The molecule has 0 heterocycles. The number of hydrogen-bond acceptors (Lipinski definition) is 3.